The van der Waals surface area contributed by atoms with Crippen molar-refractivity contribution in [2.24, 2.45) is 0 Å². The SMILES string of the molecule is COc1c(C(=O)Nc2cc(CN(C(=O)OC(C)(C)C)S(C)(=O)=O)cs2)cc(N2CCC(=O)NC2=O)cc1C(C)(C)C. The normalized spacial score (nSPS) is 14.4. The molecule has 0 aliphatic carbocycles. The van der Waals surface area contributed by atoms with Crippen LogP contribution in [0.1, 0.15) is 69.4 Å². The maximum absolute atomic E-state index is 13.6. The molecule has 2 aromatic rings. The number of urea groups is 1. The molecule has 0 bridgehead atoms. The van der Waals surface area contributed by atoms with E-state index < -0.39 is 39.1 Å². The minimum absolute atomic E-state index is 0.121. The second kappa shape index (κ2) is 11.7. The van der Waals surface area contributed by atoms with Crippen molar-refractivity contribution in [3.63, 3.8) is 0 Å². The van der Waals surface area contributed by atoms with Crippen LogP contribution in [-0.4, -0.2) is 62.2 Å². The van der Waals surface area contributed by atoms with Crippen LogP contribution in [-0.2, 0) is 31.5 Å². The minimum atomic E-state index is -3.94. The molecule has 1 aliphatic rings. The molecule has 1 aromatic carbocycles. The van der Waals surface area contributed by atoms with Gasteiger partial charge in [-0.25, -0.2) is 22.3 Å². The van der Waals surface area contributed by atoms with Gasteiger partial charge in [-0.2, -0.15) is 0 Å². The van der Waals surface area contributed by atoms with Crippen molar-refractivity contribution in [2.45, 2.75) is 65.5 Å². The number of rotatable bonds is 7. The molecule has 41 heavy (non-hydrogen) atoms. The quantitative estimate of drug-likeness (QED) is 0.468. The van der Waals surface area contributed by atoms with Crippen molar-refractivity contribution in [1.82, 2.24) is 9.62 Å². The van der Waals surface area contributed by atoms with Crippen molar-refractivity contribution < 1.29 is 37.1 Å². The lowest BCUT2D eigenvalue weighted by molar-refractivity contribution is -0.120. The first-order valence-corrected chi connectivity index (χ1v) is 15.5. The molecule has 0 atom stereocenters. The molecule has 0 unspecified atom stereocenters. The number of hydrogen-bond donors (Lipinski definition) is 2. The Hall–Kier alpha value is -3.65. The number of thiophene rings is 1. The number of carbonyl (C=O) groups excluding carboxylic acids is 4. The van der Waals surface area contributed by atoms with Gasteiger partial charge in [-0.1, -0.05) is 20.8 Å². The molecule has 3 rings (SSSR count). The molecule has 5 amide bonds. The molecule has 0 radical (unpaired) electrons. The Balaban J connectivity index is 1.93. The van der Waals surface area contributed by atoms with E-state index in [9.17, 15) is 27.6 Å². The summed E-state index contributed by atoms with van der Waals surface area (Å²) in [7, 11) is -2.49. The summed E-state index contributed by atoms with van der Waals surface area (Å²) in [5, 5.41) is 7.12. The summed E-state index contributed by atoms with van der Waals surface area (Å²) in [6.07, 6.45) is 0.0310. The first kappa shape index (κ1) is 31.9. The highest BCUT2D eigenvalue weighted by Gasteiger charge is 2.31. The molecule has 224 valence electrons. The number of methoxy groups -OCH3 is 1. The van der Waals surface area contributed by atoms with Crippen LogP contribution in [0.25, 0.3) is 0 Å². The lowest BCUT2D eigenvalue weighted by Crippen LogP contribution is -2.49. The number of nitrogens with zero attached hydrogens (tertiary/aromatic N) is 2. The van der Waals surface area contributed by atoms with Crippen molar-refractivity contribution in [1.29, 1.82) is 0 Å². The summed E-state index contributed by atoms with van der Waals surface area (Å²) in [6.45, 7) is 10.6. The van der Waals surface area contributed by atoms with E-state index in [4.69, 9.17) is 9.47 Å². The zero-order chi connectivity index (χ0) is 30.9. The molecule has 2 heterocycles. The van der Waals surface area contributed by atoms with E-state index >= 15 is 0 Å². The summed E-state index contributed by atoms with van der Waals surface area (Å²) in [5.74, 6) is -0.566. The number of sulfonamides is 1. The second-order valence-electron chi connectivity index (χ2n) is 11.6. The molecule has 1 aromatic heterocycles. The van der Waals surface area contributed by atoms with Crippen LogP contribution in [0.5, 0.6) is 5.75 Å². The van der Waals surface area contributed by atoms with Crippen LogP contribution in [0.4, 0.5) is 20.3 Å². The fraction of sp³-hybridized carbons (Fsp3) is 0.481. The number of imide groups is 1. The smallest absolute Gasteiger partial charge is 0.424 e. The largest absolute Gasteiger partial charge is 0.496 e. The monoisotopic (exact) mass is 608 g/mol. The highest BCUT2D eigenvalue weighted by atomic mass is 32.2. The highest BCUT2D eigenvalue weighted by Crippen LogP contribution is 2.39. The zero-order valence-corrected chi connectivity index (χ0v) is 26.0. The molecule has 1 saturated heterocycles. The topological polar surface area (TPSA) is 151 Å². The lowest BCUT2D eigenvalue weighted by Gasteiger charge is -2.30. The van der Waals surface area contributed by atoms with Gasteiger partial charge in [0.25, 0.3) is 5.91 Å². The maximum atomic E-state index is 13.6. The van der Waals surface area contributed by atoms with Crippen LogP contribution in [0.2, 0.25) is 0 Å². The Morgan fingerprint density at radius 2 is 1.78 bits per heavy atom. The Morgan fingerprint density at radius 1 is 1.12 bits per heavy atom. The van der Waals surface area contributed by atoms with Crippen LogP contribution >= 0.6 is 11.3 Å². The van der Waals surface area contributed by atoms with Crippen molar-refractivity contribution in [3.05, 3.63) is 40.3 Å². The molecule has 1 aliphatic heterocycles. The van der Waals surface area contributed by atoms with Crippen molar-refractivity contribution >= 4 is 56.0 Å². The number of amides is 5. The van der Waals surface area contributed by atoms with E-state index in [-0.39, 0.29) is 31.0 Å². The van der Waals surface area contributed by atoms with Gasteiger partial charge in [-0.3, -0.25) is 19.8 Å². The summed E-state index contributed by atoms with van der Waals surface area (Å²) in [6, 6.07) is 4.28. The molecular weight excluding hydrogens is 572 g/mol. The predicted octanol–water partition coefficient (Wildman–Crippen LogP) is 4.45. The first-order valence-electron chi connectivity index (χ1n) is 12.7. The van der Waals surface area contributed by atoms with Gasteiger partial charge in [0.05, 0.1) is 30.5 Å². The number of benzene rings is 1. The van der Waals surface area contributed by atoms with E-state index in [1.807, 2.05) is 20.8 Å². The fourth-order valence-corrected chi connectivity index (χ4v) is 5.51. The molecule has 14 heteroatoms. The number of hydrogen-bond acceptors (Lipinski definition) is 9. The van der Waals surface area contributed by atoms with E-state index in [2.05, 4.69) is 10.6 Å². The standard InChI is InChI=1S/C27H36N4O8S2/c1-26(2,3)19-13-17(30-10-9-20(32)28-24(30)34)12-18(22(19)38-7)23(33)29-21-11-16(15-40-21)14-31(41(8,36)37)25(35)39-27(4,5)6/h11-13,15H,9-10,14H2,1-8H3,(H,29,33)(H,28,32,34). The first-order chi connectivity index (χ1) is 18.8. The number of nitrogens with one attached hydrogen (secondary N) is 2. The average Bonchev–Trinajstić information content (AvgIpc) is 3.26. The van der Waals surface area contributed by atoms with Crippen molar-refractivity contribution in [2.75, 3.05) is 30.1 Å². The molecule has 1 fully saturated rings. The van der Waals surface area contributed by atoms with E-state index in [1.54, 1.807) is 38.3 Å². The highest BCUT2D eigenvalue weighted by molar-refractivity contribution is 7.88. The molecule has 0 saturated carbocycles. The summed E-state index contributed by atoms with van der Waals surface area (Å²) < 4.78 is 36.2. The molecular formula is C27H36N4O8S2. The van der Waals surface area contributed by atoms with E-state index in [0.717, 1.165) is 17.6 Å². The summed E-state index contributed by atoms with van der Waals surface area (Å²) >= 11 is 1.15. The molecule has 0 spiro atoms. The third-order valence-corrected chi connectivity index (χ3v) is 7.88. The molecule has 2 N–H and O–H groups in total. The van der Waals surface area contributed by atoms with Crippen LogP contribution in [0.15, 0.2) is 23.6 Å². The van der Waals surface area contributed by atoms with Gasteiger partial charge >= 0.3 is 12.1 Å². The number of carbonyl (C=O) groups is 4. The zero-order valence-electron chi connectivity index (χ0n) is 24.4. The summed E-state index contributed by atoms with van der Waals surface area (Å²) in [4.78, 5) is 51.8. The second-order valence-corrected chi connectivity index (χ2v) is 14.4. The Labute approximate surface area is 244 Å². The Bertz CT molecular complexity index is 1470. The molecule has 12 nitrogen and oxygen atoms in total. The average molecular weight is 609 g/mol. The maximum Gasteiger partial charge on any atom is 0.424 e. The third kappa shape index (κ3) is 7.97. The Morgan fingerprint density at radius 3 is 2.32 bits per heavy atom. The number of anilines is 2. The van der Waals surface area contributed by atoms with Gasteiger partial charge < -0.3 is 14.8 Å². The third-order valence-electron chi connectivity index (χ3n) is 5.91. The van der Waals surface area contributed by atoms with Crippen LogP contribution in [0, 0.1) is 0 Å². The minimum Gasteiger partial charge on any atom is -0.496 e. The predicted molar refractivity (Wildman–Crippen MR) is 156 cm³/mol. The number of ether oxygens (including phenoxy) is 2. The van der Waals surface area contributed by atoms with Crippen molar-refractivity contribution in [3.8, 4) is 5.75 Å². The summed E-state index contributed by atoms with van der Waals surface area (Å²) in [5.41, 5.74) is 0.385. The van der Waals surface area contributed by atoms with Crippen LogP contribution < -0.4 is 20.3 Å². The van der Waals surface area contributed by atoms with E-state index in [0.29, 0.717) is 31.9 Å². The van der Waals surface area contributed by atoms with Gasteiger partial charge in [0.2, 0.25) is 15.9 Å². The van der Waals surface area contributed by atoms with Gasteiger partial charge in [-0.05, 0) is 55.3 Å². The fourth-order valence-electron chi connectivity index (χ4n) is 4.02. The van der Waals surface area contributed by atoms with Gasteiger partial charge in [0.1, 0.15) is 11.4 Å². The van der Waals surface area contributed by atoms with Gasteiger partial charge in [0, 0.05) is 24.2 Å². The van der Waals surface area contributed by atoms with Gasteiger partial charge in [-0.15, -0.1) is 11.3 Å². The van der Waals surface area contributed by atoms with E-state index in [1.165, 1.54) is 18.1 Å². The lowest BCUT2D eigenvalue weighted by atomic mass is 9.84. The van der Waals surface area contributed by atoms with Gasteiger partial charge in [0.15, 0.2) is 0 Å². The Kier molecular flexibility index (Phi) is 9.08. The van der Waals surface area contributed by atoms with Crippen LogP contribution in [0.3, 0.4) is 0 Å².